The molecule has 19 heavy (non-hydrogen) atoms. The van der Waals surface area contributed by atoms with Crippen LogP contribution in [-0.4, -0.2) is 56.1 Å². The number of likely N-dealkylation sites (tertiary alicyclic amines) is 1. The highest BCUT2D eigenvalue weighted by molar-refractivity contribution is 7.16. The normalized spacial score (nSPS) is 21.2. The summed E-state index contributed by atoms with van der Waals surface area (Å²) in [6.07, 6.45) is 2.66. The number of nitrogens with one attached hydrogen (secondary N) is 1. The number of nitrogens with zero attached hydrogens (tertiary/aromatic N) is 2. The molecule has 0 bridgehead atoms. The van der Waals surface area contributed by atoms with E-state index in [2.05, 4.69) is 35.3 Å². The van der Waals surface area contributed by atoms with Crippen LogP contribution in [-0.2, 0) is 6.54 Å². The van der Waals surface area contributed by atoms with Crippen LogP contribution in [0.15, 0.2) is 12.1 Å². The van der Waals surface area contributed by atoms with E-state index in [4.69, 9.17) is 11.6 Å². The Morgan fingerprint density at radius 2 is 2.37 bits per heavy atom. The van der Waals surface area contributed by atoms with Crippen LogP contribution in [0, 0.1) is 0 Å². The molecule has 1 aliphatic heterocycles. The zero-order valence-electron chi connectivity index (χ0n) is 11.9. The first-order valence-electron chi connectivity index (χ1n) is 6.99. The largest absolute Gasteiger partial charge is 0.311 e. The first kappa shape index (κ1) is 15.3. The van der Waals surface area contributed by atoms with Gasteiger partial charge in [-0.25, -0.2) is 0 Å². The van der Waals surface area contributed by atoms with Crippen molar-refractivity contribution in [2.24, 2.45) is 0 Å². The van der Waals surface area contributed by atoms with Gasteiger partial charge in [0, 0.05) is 37.1 Å². The molecule has 3 nitrogen and oxygen atoms in total. The van der Waals surface area contributed by atoms with Crippen LogP contribution in [0.2, 0.25) is 4.34 Å². The third-order valence-electron chi connectivity index (χ3n) is 3.79. The van der Waals surface area contributed by atoms with Gasteiger partial charge in [-0.05, 0) is 45.6 Å². The van der Waals surface area contributed by atoms with Gasteiger partial charge < -0.3 is 15.1 Å². The lowest BCUT2D eigenvalue weighted by molar-refractivity contribution is 0.135. The van der Waals surface area contributed by atoms with Crippen molar-refractivity contribution < 1.29 is 0 Å². The summed E-state index contributed by atoms with van der Waals surface area (Å²) in [5.41, 5.74) is 0. The molecule has 0 amide bonds. The standard InChI is InChI=1S/C14H24ClN3S/c1-17-8-3-4-12(11-17)18(2)9-7-16-10-13-5-6-14(15)19-13/h5-6,12,16H,3-4,7-11H2,1-2H3. The summed E-state index contributed by atoms with van der Waals surface area (Å²) >= 11 is 7.57. The van der Waals surface area contributed by atoms with Crippen LogP contribution >= 0.6 is 22.9 Å². The molecule has 1 fully saturated rings. The zero-order chi connectivity index (χ0) is 13.7. The quantitative estimate of drug-likeness (QED) is 0.815. The first-order valence-corrected chi connectivity index (χ1v) is 8.18. The van der Waals surface area contributed by atoms with Gasteiger partial charge in [0.1, 0.15) is 0 Å². The van der Waals surface area contributed by atoms with E-state index in [1.807, 2.05) is 6.07 Å². The highest BCUT2D eigenvalue weighted by Gasteiger charge is 2.20. The monoisotopic (exact) mass is 301 g/mol. The lowest BCUT2D eigenvalue weighted by Crippen LogP contribution is -2.46. The molecule has 1 aromatic heterocycles. The molecule has 2 heterocycles. The Morgan fingerprint density at radius 1 is 1.53 bits per heavy atom. The number of hydrogen-bond acceptors (Lipinski definition) is 4. The number of hydrogen-bond donors (Lipinski definition) is 1. The van der Waals surface area contributed by atoms with E-state index in [1.165, 1.54) is 30.8 Å². The fourth-order valence-corrected chi connectivity index (χ4v) is 3.65. The second-order valence-corrected chi connectivity index (χ2v) is 7.22. The topological polar surface area (TPSA) is 18.5 Å². The van der Waals surface area contributed by atoms with Gasteiger partial charge >= 0.3 is 0 Å². The maximum absolute atomic E-state index is 5.92. The molecule has 2 rings (SSSR count). The Bertz CT molecular complexity index is 383. The second kappa shape index (κ2) is 7.60. The van der Waals surface area contributed by atoms with Crippen molar-refractivity contribution in [1.82, 2.24) is 15.1 Å². The van der Waals surface area contributed by atoms with E-state index in [0.29, 0.717) is 0 Å². The molecule has 1 aliphatic rings. The Kier molecular flexibility index (Phi) is 6.10. The van der Waals surface area contributed by atoms with Gasteiger partial charge in [-0.2, -0.15) is 0 Å². The average Bonchev–Trinajstić information content (AvgIpc) is 2.80. The molecule has 5 heteroatoms. The fraction of sp³-hybridized carbons (Fsp3) is 0.714. The van der Waals surface area contributed by atoms with E-state index in [1.54, 1.807) is 11.3 Å². The smallest absolute Gasteiger partial charge is 0.0931 e. The van der Waals surface area contributed by atoms with Crippen LogP contribution < -0.4 is 5.32 Å². The minimum Gasteiger partial charge on any atom is -0.311 e. The number of rotatable bonds is 6. The molecule has 108 valence electrons. The summed E-state index contributed by atoms with van der Waals surface area (Å²) in [5.74, 6) is 0. The third-order valence-corrected chi connectivity index (χ3v) is 5.02. The molecule has 1 saturated heterocycles. The number of halogens is 1. The third kappa shape index (κ3) is 5.04. The fourth-order valence-electron chi connectivity index (χ4n) is 2.60. The van der Waals surface area contributed by atoms with E-state index in [0.717, 1.165) is 30.0 Å². The van der Waals surface area contributed by atoms with Crippen LogP contribution in [0.3, 0.4) is 0 Å². The summed E-state index contributed by atoms with van der Waals surface area (Å²) in [7, 11) is 4.46. The Morgan fingerprint density at radius 3 is 3.05 bits per heavy atom. The molecule has 1 N–H and O–H groups in total. The zero-order valence-corrected chi connectivity index (χ0v) is 13.4. The average molecular weight is 302 g/mol. The van der Waals surface area contributed by atoms with E-state index < -0.39 is 0 Å². The molecular formula is C14H24ClN3S. The first-order chi connectivity index (χ1) is 9.15. The molecule has 1 atom stereocenters. The Balaban J connectivity index is 1.62. The minimum absolute atomic E-state index is 0.719. The van der Waals surface area contributed by atoms with Gasteiger partial charge in [0.2, 0.25) is 0 Å². The molecular weight excluding hydrogens is 278 g/mol. The maximum atomic E-state index is 5.92. The summed E-state index contributed by atoms with van der Waals surface area (Å²) < 4.78 is 0.874. The summed E-state index contributed by atoms with van der Waals surface area (Å²) in [4.78, 5) is 6.24. The summed E-state index contributed by atoms with van der Waals surface area (Å²) in [6, 6.07) is 4.78. The predicted molar refractivity (Wildman–Crippen MR) is 84.2 cm³/mol. The number of piperidine rings is 1. The van der Waals surface area contributed by atoms with Gasteiger partial charge in [-0.15, -0.1) is 11.3 Å². The summed E-state index contributed by atoms with van der Waals surface area (Å²) in [5, 5.41) is 3.49. The maximum Gasteiger partial charge on any atom is 0.0931 e. The van der Waals surface area contributed by atoms with Crippen molar-refractivity contribution in [1.29, 1.82) is 0 Å². The highest BCUT2D eigenvalue weighted by Crippen LogP contribution is 2.20. The minimum atomic E-state index is 0.719. The van der Waals surface area contributed by atoms with E-state index >= 15 is 0 Å². The van der Waals surface area contributed by atoms with Crippen LogP contribution in [0.1, 0.15) is 17.7 Å². The molecule has 0 saturated carbocycles. The van der Waals surface area contributed by atoms with Crippen LogP contribution in [0.25, 0.3) is 0 Å². The Hall–Kier alpha value is -0.130. The molecule has 0 radical (unpaired) electrons. The SMILES string of the molecule is CN1CCCC(N(C)CCNCc2ccc(Cl)s2)C1. The molecule has 0 aromatic carbocycles. The van der Waals surface area contributed by atoms with Gasteiger partial charge in [-0.1, -0.05) is 11.6 Å². The molecule has 1 unspecified atom stereocenters. The van der Waals surface area contributed by atoms with Gasteiger partial charge in [-0.3, -0.25) is 0 Å². The summed E-state index contributed by atoms with van der Waals surface area (Å²) in [6.45, 7) is 5.53. The lowest BCUT2D eigenvalue weighted by Gasteiger charge is -2.35. The van der Waals surface area contributed by atoms with E-state index in [9.17, 15) is 0 Å². The van der Waals surface area contributed by atoms with Gasteiger partial charge in [0.25, 0.3) is 0 Å². The van der Waals surface area contributed by atoms with Crippen molar-refractivity contribution in [3.05, 3.63) is 21.3 Å². The predicted octanol–water partition coefficient (Wildman–Crippen LogP) is 2.52. The highest BCUT2D eigenvalue weighted by atomic mass is 35.5. The molecule has 0 spiro atoms. The van der Waals surface area contributed by atoms with Crippen molar-refractivity contribution in [3.8, 4) is 0 Å². The van der Waals surface area contributed by atoms with Crippen LogP contribution in [0.4, 0.5) is 0 Å². The second-order valence-electron chi connectivity index (χ2n) is 5.42. The van der Waals surface area contributed by atoms with Crippen molar-refractivity contribution in [2.75, 3.05) is 40.3 Å². The van der Waals surface area contributed by atoms with Crippen molar-refractivity contribution in [3.63, 3.8) is 0 Å². The van der Waals surface area contributed by atoms with Crippen molar-refractivity contribution >= 4 is 22.9 Å². The van der Waals surface area contributed by atoms with Gasteiger partial charge in [0.15, 0.2) is 0 Å². The van der Waals surface area contributed by atoms with Crippen LogP contribution in [0.5, 0.6) is 0 Å². The van der Waals surface area contributed by atoms with Gasteiger partial charge in [0.05, 0.1) is 4.34 Å². The number of thiophene rings is 1. The molecule has 0 aliphatic carbocycles. The number of likely N-dealkylation sites (N-methyl/N-ethyl adjacent to an activating group) is 2. The van der Waals surface area contributed by atoms with Crippen molar-refractivity contribution in [2.45, 2.75) is 25.4 Å². The van der Waals surface area contributed by atoms with E-state index in [-0.39, 0.29) is 0 Å². The Labute approximate surface area is 125 Å². The lowest BCUT2D eigenvalue weighted by atomic mass is 10.1. The molecule has 1 aromatic rings.